The second-order valence-corrected chi connectivity index (χ2v) is 3.33. The minimum atomic E-state index is -0.610. The van der Waals surface area contributed by atoms with Crippen molar-refractivity contribution in [1.29, 1.82) is 0 Å². The average molecular weight is 204 g/mol. The molecule has 0 rings (SSSR count). The van der Waals surface area contributed by atoms with Crippen molar-refractivity contribution in [3.63, 3.8) is 0 Å². The Balaban J connectivity index is 3.17. The molecule has 5 nitrogen and oxygen atoms in total. The van der Waals surface area contributed by atoms with Crippen LogP contribution in [0.5, 0.6) is 0 Å². The highest BCUT2D eigenvalue weighted by molar-refractivity contribution is 5.79. The molecule has 5 heteroatoms. The second-order valence-electron chi connectivity index (χ2n) is 3.33. The van der Waals surface area contributed by atoms with Crippen LogP contribution < -0.4 is 11.5 Å². The first-order chi connectivity index (χ1) is 6.54. The summed E-state index contributed by atoms with van der Waals surface area (Å²) in [4.78, 5) is 10.5. The van der Waals surface area contributed by atoms with Gasteiger partial charge in [0.25, 0.3) is 0 Å². The number of carbonyl (C=O) groups excluding carboxylic acids is 1. The number of primary amides is 1. The summed E-state index contributed by atoms with van der Waals surface area (Å²) >= 11 is 0. The Morgan fingerprint density at radius 2 is 1.93 bits per heavy atom. The quantitative estimate of drug-likeness (QED) is 0.528. The SMILES string of the molecule is CC(C)OCCOCCC(N)C(N)=O. The summed E-state index contributed by atoms with van der Waals surface area (Å²) in [5.74, 6) is -0.493. The molecule has 1 unspecified atom stereocenters. The van der Waals surface area contributed by atoms with Crippen LogP contribution in [0.4, 0.5) is 0 Å². The molecule has 0 aliphatic heterocycles. The predicted molar refractivity (Wildman–Crippen MR) is 53.7 cm³/mol. The monoisotopic (exact) mass is 204 g/mol. The number of nitrogens with two attached hydrogens (primary N) is 2. The third kappa shape index (κ3) is 7.97. The van der Waals surface area contributed by atoms with Crippen LogP contribution >= 0.6 is 0 Å². The maximum absolute atomic E-state index is 10.5. The van der Waals surface area contributed by atoms with E-state index in [-0.39, 0.29) is 6.10 Å². The molecule has 0 heterocycles. The van der Waals surface area contributed by atoms with Gasteiger partial charge in [-0.3, -0.25) is 4.79 Å². The first-order valence-corrected chi connectivity index (χ1v) is 4.78. The molecule has 0 aromatic carbocycles. The number of hydrogen-bond donors (Lipinski definition) is 2. The lowest BCUT2D eigenvalue weighted by Gasteiger charge is -2.09. The minimum Gasteiger partial charge on any atom is -0.379 e. The lowest BCUT2D eigenvalue weighted by atomic mass is 10.2. The van der Waals surface area contributed by atoms with E-state index in [1.54, 1.807) is 0 Å². The number of ether oxygens (including phenoxy) is 2. The van der Waals surface area contributed by atoms with E-state index in [1.165, 1.54) is 0 Å². The first-order valence-electron chi connectivity index (χ1n) is 4.78. The number of hydrogen-bond acceptors (Lipinski definition) is 4. The van der Waals surface area contributed by atoms with Gasteiger partial charge in [-0.05, 0) is 20.3 Å². The molecule has 0 aliphatic carbocycles. The van der Waals surface area contributed by atoms with Gasteiger partial charge in [0, 0.05) is 6.61 Å². The molecule has 0 aliphatic rings. The topological polar surface area (TPSA) is 87.6 Å². The molecular weight excluding hydrogens is 184 g/mol. The van der Waals surface area contributed by atoms with Crippen molar-refractivity contribution < 1.29 is 14.3 Å². The van der Waals surface area contributed by atoms with Gasteiger partial charge in [0.15, 0.2) is 0 Å². The smallest absolute Gasteiger partial charge is 0.234 e. The molecular formula is C9H20N2O3. The van der Waals surface area contributed by atoms with Gasteiger partial charge in [-0.25, -0.2) is 0 Å². The molecule has 0 radical (unpaired) electrons. The van der Waals surface area contributed by atoms with Gasteiger partial charge in [-0.1, -0.05) is 0 Å². The Morgan fingerprint density at radius 1 is 1.29 bits per heavy atom. The fourth-order valence-corrected chi connectivity index (χ4v) is 0.797. The summed E-state index contributed by atoms with van der Waals surface area (Å²) < 4.78 is 10.4. The van der Waals surface area contributed by atoms with Crippen molar-refractivity contribution in [1.82, 2.24) is 0 Å². The molecule has 0 aromatic heterocycles. The zero-order valence-electron chi connectivity index (χ0n) is 8.86. The van der Waals surface area contributed by atoms with E-state index in [0.29, 0.717) is 26.2 Å². The molecule has 84 valence electrons. The van der Waals surface area contributed by atoms with Gasteiger partial charge < -0.3 is 20.9 Å². The van der Waals surface area contributed by atoms with E-state index in [2.05, 4.69) is 0 Å². The van der Waals surface area contributed by atoms with Crippen LogP contribution in [-0.4, -0.2) is 37.9 Å². The normalized spacial score (nSPS) is 13.1. The first kappa shape index (κ1) is 13.4. The fraction of sp³-hybridized carbons (Fsp3) is 0.889. The Labute approximate surface area is 84.7 Å². The molecule has 0 fully saturated rings. The molecule has 1 amide bonds. The zero-order valence-corrected chi connectivity index (χ0v) is 8.86. The lowest BCUT2D eigenvalue weighted by Crippen LogP contribution is -2.37. The van der Waals surface area contributed by atoms with Crippen molar-refractivity contribution in [3.8, 4) is 0 Å². The van der Waals surface area contributed by atoms with E-state index in [0.717, 1.165) is 0 Å². The van der Waals surface area contributed by atoms with Crippen LogP contribution in [0.2, 0.25) is 0 Å². The highest BCUT2D eigenvalue weighted by atomic mass is 16.5. The highest BCUT2D eigenvalue weighted by Crippen LogP contribution is 1.90. The van der Waals surface area contributed by atoms with Crippen LogP contribution in [0.15, 0.2) is 0 Å². The van der Waals surface area contributed by atoms with Gasteiger partial charge in [0.05, 0.1) is 25.4 Å². The molecule has 1 atom stereocenters. The van der Waals surface area contributed by atoms with Crippen LogP contribution in [0.1, 0.15) is 20.3 Å². The predicted octanol–water partition coefficient (Wildman–Crippen LogP) is -0.369. The van der Waals surface area contributed by atoms with Crippen LogP contribution in [0.3, 0.4) is 0 Å². The fourth-order valence-electron chi connectivity index (χ4n) is 0.797. The van der Waals surface area contributed by atoms with Crippen molar-refractivity contribution in [2.45, 2.75) is 32.4 Å². The van der Waals surface area contributed by atoms with E-state index in [9.17, 15) is 4.79 Å². The number of rotatable bonds is 8. The standard InChI is InChI=1S/C9H20N2O3/c1-7(2)14-6-5-13-4-3-8(10)9(11)12/h7-8H,3-6,10H2,1-2H3,(H2,11,12). The lowest BCUT2D eigenvalue weighted by molar-refractivity contribution is -0.119. The van der Waals surface area contributed by atoms with Crippen molar-refractivity contribution >= 4 is 5.91 Å². The van der Waals surface area contributed by atoms with E-state index >= 15 is 0 Å². The number of carbonyl (C=O) groups is 1. The van der Waals surface area contributed by atoms with Gasteiger partial charge in [-0.2, -0.15) is 0 Å². The maximum atomic E-state index is 10.5. The summed E-state index contributed by atoms with van der Waals surface area (Å²) in [5.41, 5.74) is 10.4. The van der Waals surface area contributed by atoms with E-state index in [4.69, 9.17) is 20.9 Å². The second kappa shape index (κ2) is 7.73. The summed E-state index contributed by atoms with van der Waals surface area (Å²) in [7, 11) is 0. The Hall–Kier alpha value is -0.650. The summed E-state index contributed by atoms with van der Waals surface area (Å²) in [6, 6.07) is -0.610. The Kier molecular flexibility index (Phi) is 7.37. The number of amides is 1. The molecule has 0 saturated carbocycles. The average Bonchev–Trinajstić information content (AvgIpc) is 2.09. The van der Waals surface area contributed by atoms with Gasteiger partial charge >= 0.3 is 0 Å². The van der Waals surface area contributed by atoms with Crippen LogP contribution in [0.25, 0.3) is 0 Å². The Bertz CT molecular complexity index is 162. The van der Waals surface area contributed by atoms with Crippen molar-refractivity contribution in [2.24, 2.45) is 11.5 Å². The Morgan fingerprint density at radius 3 is 2.43 bits per heavy atom. The maximum Gasteiger partial charge on any atom is 0.234 e. The molecule has 0 saturated heterocycles. The summed E-state index contributed by atoms with van der Waals surface area (Å²) in [6.45, 7) is 5.44. The van der Waals surface area contributed by atoms with Crippen LogP contribution in [0, 0.1) is 0 Å². The molecule has 4 N–H and O–H groups in total. The van der Waals surface area contributed by atoms with Crippen LogP contribution in [-0.2, 0) is 14.3 Å². The summed E-state index contributed by atoms with van der Waals surface area (Å²) in [6.07, 6.45) is 0.670. The third-order valence-corrected chi connectivity index (χ3v) is 1.62. The minimum absolute atomic E-state index is 0.214. The molecule has 0 aromatic rings. The summed E-state index contributed by atoms with van der Waals surface area (Å²) in [5, 5.41) is 0. The molecule has 0 bridgehead atoms. The van der Waals surface area contributed by atoms with Gasteiger partial charge in [-0.15, -0.1) is 0 Å². The molecule has 0 spiro atoms. The third-order valence-electron chi connectivity index (χ3n) is 1.62. The van der Waals surface area contributed by atoms with Crippen molar-refractivity contribution in [3.05, 3.63) is 0 Å². The highest BCUT2D eigenvalue weighted by Gasteiger charge is 2.07. The van der Waals surface area contributed by atoms with E-state index < -0.39 is 11.9 Å². The van der Waals surface area contributed by atoms with Crippen molar-refractivity contribution in [2.75, 3.05) is 19.8 Å². The molecule has 14 heavy (non-hydrogen) atoms. The zero-order chi connectivity index (χ0) is 11.0. The van der Waals surface area contributed by atoms with Gasteiger partial charge in [0.1, 0.15) is 0 Å². The largest absolute Gasteiger partial charge is 0.379 e. The van der Waals surface area contributed by atoms with Gasteiger partial charge in [0.2, 0.25) is 5.91 Å². The van der Waals surface area contributed by atoms with E-state index in [1.807, 2.05) is 13.8 Å².